The normalized spacial score (nSPS) is 10.7. The van der Waals surface area contributed by atoms with Crippen LogP contribution in [-0.2, 0) is 6.42 Å². The lowest BCUT2D eigenvalue weighted by molar-refractivity contribution is 0.511. The summed E-state index contributed by atoms with van der Waals surface area (Å²) in [4.78, 5) is 0. The minimum atomic E-state index is -0.906. The lowest BCUT2D eigenvalue weighted by atomic mass is 10.0. The van der Waals surface area contributed by atoms with Crippen LogP contribution in [0.25, 0.3) is 21.9 Å². The van der Waals surface area contributed by atoms with E-state index in [2.05, 4.69) is 30.9 Å². The third kappa shape index (κ3) is 4.23. The van der Waals surface area contributed by atoms with Gasteiger partial charge in [-0.05, 0) is 70.3 Å². The number of hydrogen-bond acceptors (Lipinski definition) is 0. The van der Waals surface area contributed by atoms with Gasteiger partial charge >= 0.3 is 0 Å². The number of hydrogen-bond donors (Lipinski definition) is 0. The van der Waals surface area contributed by atoms with Gasteiger partial charge in [0.05, 0.1) is 5.56 Å². The Hall–Kier alpha value is -3.51. The number of benzene rings is 4. The van der Waals surface area contributed by atoms with Crippen molar-refractivity contribution in [2.45, 2.75) is 19.8 Å². The molecule has 148 valence electrons. The smallest absolute Gasteiger partial charge is 0.159 e. The van der Waals surface area contributed by atoms with Crippen molar-refractivity contribution in [1.29, 1.82) is 0 Å². The largest absolute Gasteiger partial charge is 0.206 e. The van der Waals surface area contributed by atoms with Gasteiger partial charge < -0.3 is 0 Å². The first-order chi connectivity index (χ1) is 14.5. The van der Waals surface area contributed by atoms with Gasteiger partial charge in [-0.25, -0.2) is 13.2 Å². The molecule has 0 aromatic heterocycles. The molecule has 0 amide bonds. The standard InChI is InChI=1S/C27H19F3/c1-2-3-18-4-8-20(9-5-18)22-13-12-21(25(28)15-22)10-6-19-7-11-23-16-26(29)27(30)17-24(23)14-19/h4-5,7-9,11-17H,2-3H2,1H3. The van der Waals surface area contributed by atoms with Crippen molar-refractivity contribution in [2.24, 2.45) is 0 Å². The fourth-order valence-corrected chi connectivity index (χ4v) is 3.41. The second-order valence-corrected chi connectivity index (χ2v) is 7.22. The van der Waals surface area contributed by atoms with E-state index in [1.807, 2.05) is 18.2 Å². The van der Waals surface area contributed by atoms with Gasteiger partial charge in [-0.15, -0.1) is 0 Å². The Morgan fingerprint density at radius 3 is 2.03 bits per heavy atom. The van der Waals surface area contributed by atoms with Crippen LogP contribution in [0.4, 0.5) is 13.2 Å². The molecule has 3 heteroatoms. The lowest BCUT2D eigenvalue weighted by Gasteiger charge is -2.05. The van der Waals surface area contributed by atoms with E-state index in [4.69, 9.17) is 0 Å². The summed E-state index contributed by atoms with van der Waals surface area (Å²) in [6.07, 6.45) is 2.11. The Labute approximate surface area is 174 Å². The van der Waals surface area contributed by atoms with Crippen molar-refractivity contribution in [2.75, 3.05) is 0 Å². The van der Waals surface area contributed by atoms with E-state index in [9.17, 15) is 13.2 Å². The Morgan fingerprint density at radius 1 is 0.633 bits per heavy atom. The maximum Gasteiger partial charge on any atom is 0.159 e. The molecule has 0 spiro atoms. The van der Waals surface area contributed by atoms with Gasteiger partial charge in [0.25, 0.3) is 0 Å². The van der Waals surface area contributed by atoms with E-state index < -0.39 is 17.5 Å². The predicted molar refractivity (Wildman–Crippen MR) is 116 cm³/mol. The van der Waals surface area contributed by atoms with Crippen LogP contribution in [0.5, 0.6) is 0 Å². The van der Waals surface area contributed by atoms with Crippen molar-refractivity contribution >= 4 is 10.8 Å². The maximum atomic E-state index is 14.6. The van der Waals surface area contributed by atoms with E-state index >= 15 is 0 Å². The summed E-state index contributed by atoms with van der Waals surface area (Å²) in [6.45, 7) is 2.14. The van der Waals surface area contributed by atoms with Crippen LogP contribution in [0.15, 0.2) is 72.8 Å². The zero-order chi connectivity index (χ0) is 21.1. The van der Waals surface area contributed by atoms with E-state index in [1.54, 1.807) is 24.3 Å². The molecular formula is C27H19F3. The van der Waals surface area contributed by atoms with Crippen LogP contribution in [0, 0.1) is 29.3 Å². The number of fused-ring (bicyclic) bond motifs is 1. The molecule has 0 atom stereocenters. The van der Waals surface area contributed by atoms with Crippen molar-refractivity contribution in [3.63, 3.8) is 0 Å². The topological polar surface area (TPSA) is 0 Å². The molecule has 0 aliphatic heterocycles. The SMILES string of the molecule is CCCc1ccc(-c2ccc(C#Cc3ccc4cc(F)c(F)cc4c3)c(F)c2)cc1. The molecular weight excluding hydrogens is 381 g/mol. The number of halogens is 3. The first-order valence-electron chi connectivity index (χ1n) is 9.83. The van der Waals surface area contributed by atoms with Gasteiger partial charge in [0.1, 0.15) is 5.82 Å². The quantitative estimate of drug-likeness (QED) is 0.317. The molecule has 30 heavy (non-hydrogen) atoms. The van der Waals surface area contributed by atoms with Crippen molar-refractivity contribution in [1.82, 2.24) is 0 Å². The Bertz CT molecular complexity index is 1280. The third-order valence-electron chi connectivity index (χ3n) is 5.02. The van der Waals surface area contributed by atoms with E-state index in [0.29, 0.717) is 16.3 Å². The van der Waals surface area contributed by atoms with Crippen molar-refractivity contribution in [3.05, 3.63) is 107 Å². The monoisotopic (exact) mass is 400 g/mol. The molecule has 0 fully saturated rings. The molecule has 0 aliphatic carbocycles. The number of rotatable bonds is 3. The van der Waals surface area contributed by atoms with Gasteiger partial charge in [-0.1, -0.05) is 61.6 Å². The van der Waals surface area contributed by atoms with Crippen molar-refractivity contribution < 1.29 is 13.2 Å². The molecule has 0 aliphatic rings. The molecule has 0 radical (unpaired) electrons. The minimum Gasteiger partial charge on any atom is -0.206 e. The molecule has 0 N–H and O–H groups in total. The van der Waals surface area contributed by atoms with Gasteiger partial charge in [0.2, 0.25) is 0 Å². The van der Waals surface area contributed by atoms with Crippen LogP contribution < -0.4 is 0 Å². The highest BCUT2D eigenvalue weighted by molar-refractivity contribution is 5.84. The molecule has 0 saturated heterocycles. The summed E-state index contributed by atoms with van der Waals surface area (Å²) in [5, 5.41) is 1.13. The highest BCUT2D eigenvalue weighted by Crippen LogP contribution is 2.23. The van der Waals surface area contributed by atoms with Gasteiger partial charge in [-0.2, -0.15) is 0 Å². The fourth-order valence-electron chi connectivity index (χ4n) is 3.41. The second-order valence-electron chi connectivity index (χ2n) is 7.22. The summed E-state index contributed by atoms with van der Waals surface area (Å²) in [7, 11) is 0. The average molecular weight is 400 g/mol. The van der Waals surface area contributed by atoms with E-state index in [1.165, 1.54) is 11.6 Å². The predicted octanol–water partition coefficient (Wildman–Crippen LogP) is 7.28. The molecule has 4 aromatic carbocycles. The number of aryl methyl sites for hydroxylation is 1. The summed E-state index contributed by atoms with van der Waals surface area (Å²) >= 11 is 0. The highest BCUT2D eigenvalue weighted by atomic mass is 19.2. The first kappa shape index (κ1) is 19.8. The molecule has 0 heterocycles. The van der Waals surface area contributed by atoms with E-state index in [0.717, 1.165) is 36.1 Å². The highest BCUT2D eigenvalue weighted by Gasteiger charge is 2.06. The molecule has 4 rings (SSSR count). The average Bonchev–Trinajstić information content (AvgIpc) is 2.74. The molecule has 0 saturated carbocycles. The summed E-state index contributed by atoms with van der Waals surface area (Å²) in [5.41, 5.74) is 3.90. The van der Waals surface area contributed by atoms with Crippen LogP contribution >= 0.6 is 0 Å². The Kier molecular flexibility index (Phi) is 5.59. The first-order valence-corrected chi connectivity index (χ1v) is 9.83. The van der Waals surface area contributed by atoms with E-state index in [-0.39, 0.29) is 5.56 Å². The molecule has 0 bridgehead atoms. The van der Waals surface area contributed by atoms with Gasteiger partial charge in [0.15, 0.2) is 11.6 Å². The lowest BCUT2D eigenvalue weighted by Crippen LogP contribution is -1.88. The third-order valence-corrected chi connectivity index (χ3v) is 5.02. The van der Waals surface area contributed by atoms with Crippen molar-refractivity contribution in [3.8, 4) is 23.0 Å². The van der Waals surface area contributed by atoms with Crippen LogP contribution in [0.3, 0.4) is 0 Å². The van der Waals surface area contributed by atoms with Gasteiger partial charge in [0, 0.05) is 5.56 Å². The summed E-state index contributed by atoms with van der Waals surface area (Å²) in [6, 6.07) is 20.5. The second kappa shape index (κ2) is 8.47. The molecule has 0 nitrogen and oxygen atoms in total. The van der Waals surface area contributed by atoms with Gasteiger partial charge in [-0.3, -0.25) is 0 Å². The summed E-state index contributed by atoms with van der Waals surface area (Å²) in [5.74, 6) is 3.55. The molecule has 4 aromatic rings. The molecule has 0 unspecified atom stereocenters. The Morgan fingerprint density at radius 2 is 1.33 bits per heavy atom. The minimum absolute atomic E-state index is 0.284. The summed E-state index contributed by atoms with van der Waals surface area (Å²) < 4.78 is 41.4. The van der Waals surface area contributed by atoms with Crippen LogP contribution in [0.2, 0.25) is 0 Å². The van der Waals surface area contributed by atoms with Crippen LogP contribution in [-0.4, -0.2) is 0 Å². The Balaban J connectivity index is 1.59. The zero-order valence-electron chi connectivity index (χ0n) is 16.5. The van der Waals surface area contributed by atoms with Crippen LogP contribution in [0.1, 0.15) is 30.0 Å². The maximum absolute atomic E-state index is 14.6. The fraction of sp³-hybridized carbons (Fsp3) is 0.111. The zero-order valence-corrected chi connectivity index (χ0v) is 16.5.